The minimum Gasteiger partial charge on any atom is -0.377 e. The van der Waals surface area contributed by atoms with E-state index in [1.54, 1.807) is 0 Å². The highest BCUT2D eigenvalue weighted by Crippen LogP contribution is 2.29. The van der Waals surface area contributed by atoms with Gasteiger partial charge in [-0.1, -0.05) is 31.2 Å². The summed E-state index contributed by atoms with van der Waals surface area (Å²) in [7, 11) is 1.97. The Kier molecular flexibility index (Phi) is 4.36. The summed E-state index contributed by atoms with van der Waals surface area (Å²) in [6.45, 7) is 5.55. The quantitative estimate of drug-likeness (QED) is 0.937. The predicted octanol–water partition coefficient (Wildman–Crippen LogP) is 2.57. The van der Waals surface area contributed by atoms with Crippen LogP contribution >= 0.6 is 0 Å². The minimum absolute atomic E-state index is 0.421. The van der Waals surface area contributed by atoms with Crippen molar-refractivity contribution >= 4 is 16.6 Å². The molecule has 1 fully saturated rings. The van der Waals surface area contributed by atoms with Gasteiger partial charge in [-0.15, -0.1) is 0 Å². The molecule has 0 saturated carbocycles. The van der Waals surface area contributed by atoms with Crippen LogP contribution in [0.3, 0.4) is 0 Å². The molecule has 112 valence electrons. The van der Waals surface area contributed by atoms with E-state index in [-0.39, 0.29) is 0 Å². The molecule has 4 nitrogen and oxygen atoms in total. The predicted molar refractivity (Wildman–Crippen MR) is 86.8 cm³/mol. The van der Waals surface area contributed by atoms with E-state index in [4.69, 9.17) is 9.72 Å². The topological polar surface area (TPSA) is 37.4 Å². The summed E-state index contributed by atoms with van der Waals surface area (Å²) in [5.41, 5.74) is 1.25. The van der Waals surface area contributed by atoms with Gasteiger partial charge >= 0.3 is 0 Å². The Bertz CT molecular complexity index is 614. The van der Waals surface area contributed by atoms with E-state index in [1.165, 1.54) is 16.3 Å². The van der Waals surface area contributed by atoms with Gasteiger partial charge in [-0.2, -0.15) is 0 Å². The summed E-state index contributed by atoms with van der Waals surface area (Å²) in [6, 6.07) is 8.98. The summed E-state index contributed by atoms with van der Waals surface area (Å²) in [5, 5.41) is 5.75. The average Bonchev–Trinajstić information content (AvgIpc) is 2.55. The SMILES string of the molecule is CCC1COCCN1c1ncc(CNC)c2ccccc12. The number of pyridine rings is 1. The molecule has 1 aliphatic heterocycles. The van der Waals surface area contributed by atoms with E-state index in [1.807, 2.05) is 13.2 Å². The molecular weight excluding hydrogens is 262 g/mol. The fourth-order valence-corrected chi connectivity index (χ4v) is 3.07. The number of hydrogen-bond donors (Lipinski definition) is 1. The highest BCUT2D eigenvalue weighted by molar-refractivity contribution is 5.94. The Morgan fingerprint density at radius 1 is 1.33 bits per heavy atom. The third kappa shape index (κ3) is 2.74. The number of benzene rings is 1. The lowest BCUT2D eigenvalue weighted by Crippen LogP contribution is -2.45. The lowest BCUT2D eigenvalue weighted by Gasteiger charge is -2.36. The molecule has 1 saturated heterocycles. The number of rotatable bonds is 4. The van der Waals surface area contributed by atoms with Crippen LogP contribution < -0.4 is 10.2 Å². The third-order valence-electron chi connectivity index (χ3n) is 4.19. The maximum atomic E-state index is 5.62. The molecular formula is C17H23N3O. The van der Waals surface area contributed by atoms with Crippen LogP contribution in [0.5, 0.6) is 0 Å². The molecule has 0 spiro atoms. The van der Waals surface area contributed by atoms with Gasteiger partial charge < -0.3 is 15.0 Å². The Hall–Kier alpha value is -1.65. The van der Waals surface area contributed by atoms with Gasteiger partial charge in [0.15, 0.2) is 0 Å². The molecule has 0 bridgehead atoms. The van der Waals surface area contributed by atoms with Crippen molar-refractivity contribution in [1.82, 2.24) is 10.3 Å². The monoisotopic (exact) mass is 285 g/mol. The van der Waals surface area contributed by atoms with Gasteiger partial charge in [0.2, 0.25) is 0 Å². The van der Waals surface area contributed by atoms with E-state index in [2.05, 4.69) is 41.4 Å². The van der Waals surface area contributed by atoms with Gasteiger partial charge in [0.05, 0.1) is 19.3 Å². The van der Waals surface area contributed by atoms with Crippen LogP contribution in [0.4, 0.5) is 5.82 Å². The van der Waals surface area contributed by atoms with Crippen molar-refractivity contribution in [3.05, 3.63) is 36.0 Å². The number of ether oxygens (including phenoxy) is 1. The minimum atomic E-state index is 0.421. The highest BCUT2D eigenvalue weighted by atomic mass is 16.5. The van der Waals surface area contributed by atoms with Crippen molar-refractivity contribution in [2.75, 3.05) is 31.7 Å². The number of aromatic nitrogens is 1. The second-order valence-electron chi connectivity index (χ2n) is 5.51. The number of nitrogens with zero attached hydrogens (tertiary/aromatic N) is 2. The molecule has 2 aromatic rings. The third-order valence-corrected chi connectivity index (χ3v) is 4.19. The van der Waals surface area contributed by atoms with Gasteiger partial charge in [-0.25, -0.2) is 4.98 Å². The maximum Gasteiger partial charge on any atom is 0.136 e. The largest absolute Gasteiger partial charge is 0.377 e. The molecule has 2 heterocycles. The first-order valence-corrected chi connectivity index (χ1v) is 7.70. The molecule has 4 heteroatoms. The van der Waals surface area contributed by atoms with Crippen molar-refractivity contribution in [2.24, 2.45) is 0 Å². The fourth-order valence-electron chi connectivity index (χ4n) is 3.07. The number of fused-ring (bicyclic) bond motifs is 1. The second-order valence-corrected chi connectivity index (χ2v) is 5.51. The Balaban J connectivity index is 2.08. The van der Waals surface area contributed by atoms with Crippen molar-refractivity contribution < 1.29 is 4.74 Å². The standard InChI is InChI=1S/C17H23N3O/c1-3-14-12-21-9-8-20(14)17-16-7-5-4-6-15(16)13(10-18-2)11-19-17/h4-7,11,14,18H,3,8-10,12H2,1-2H3. The normalized spacial score (nSPS) is 19.1. The molecule has 1 N–H and O–H groups in total. The summed E-state index contributed by atoms with van der Waals surface area (Å²) >= 11 is 0. The Morgan fingerprint density at radius 2 is 2.14 bits per heavy atom. The van der Waals surface area contributed by atoms with Crippen LogP contribution in [-0.2, 0) is 11.3 Å². The average molecular weight is 285 g/mol. The number of hydrogen-bond acceptors (Lipinski definition) is 4. The molecule has 1 aliphatic rings. The van der Waals surface area contributed by atoms with Crippen LogP contribution in [0.25, 0.3) is 10.8 Å². The molecule has 21 heavy (non-hydrogen) atoms. The fraction of sp³-hybridized carbons (Fsp3) is 0.471. The van der Waals surface area contributed by atoms with Crippen molar-refractivity contribution in [2.45, 2.75) is 25.9 Å². The van der Waals surface area contributed by atoms with Gasteiger partial charge in [-0.3, -0.25) is 0 Å². The molecule has 1 aromatic carbocycles. The van der Waals surface area contributed by atoms with E-state index >= 15 is 0 Å². The molecule has 1 unspecified atom stereocenters. The van der Waals surface area contributed by atoms with E-state index < -0.39 is 0 Å². The van der Waals surface area contributed by atoms with Crippen LogP contribution in [0.2, 0.25) is 0 Å². The van der Waals surface area contributed by atoms with Gasteiger partial charge in [0.25, 0.3) is 0 Å². The molecule has 0 aliphatic carbocycles. The second kappa shape index (κ2) is 6.41. The number of anilines is 1. The molecule has 1 atom stereocenters. The lowest BCUT2D eigenvalue weighted by molar-refractivity contribution is 0.0927. The molecule has 0 radical (unpaired) electrons. The number of nitrogens with one attached hydrogen (secondary N) is 1. The first-order chi connectivity index (χ1) is 10.3. The molecule has 0 amide bonds. The van der Waals surface area contributed by atoms with Crippen LogP contribution in [0, 0.1) is 0 Å². The first-order valence-electron chi connectivity index (χ1n) is 7.70. The summed E-state index contributed by atoms with van der Waals surface area (Å²) in [4.78, 5) is 7.19. The summed E-state index contributed by atoms with van der Waals surface area (Å²) in [6.07, 6.45) is 3.09. The number of morpholine rings is 1. The highest BCUT2D eigenvalue weighted by Gasteiger charge is 2.24. The zero-order valence-electron chi connectivity index (χ0n) is 12.8. The van der Waals surface area contributed by atoms with Crippen molar-refractivity contribution in [1.29, 1.82) is 0 Å². The van der Waals surface area contributed by atoms with E-state index in [0.717, 1.165) is 38.5 Å². The van der Waals surface area contributed by atoms with Crippen LogP contribution in [0.1, 0.15) is 18.9 Å². The van der Waals surface area contributed by atoms with E-state index in [0.29, 0.717) is 6.04 Å². The zero-order valence-corrected chi connectivity index (χ0v) is 12.8. The van der Waals surface area contributed by atoms with Gasteiger partial charge in [0, 0.05) is 24.7 Å². The smallest absolute Gasteiger partial charge is 0.136 e. The lowest BCUT2D eigenvalue weighted by atomic mass is 10.1. The van der Waals surface area contributed by atoms with Gasteiger partial charge in [-0.05, 0) is 24.4 Å². The molecule has 3 rings (SSSR count). The van der Waals surface area contributed by atoms with Gasteiger partial charge in [0.1, 0.15) is 5.82 Å². The van der Waals surface area contributed by atoms with Crippen molar-refractivity contribution in [3.8, 4) is 0 Å². The van der Waals surface area contributed by atoms with Crippen LogP contribution in [0.15, 0.2) is 30.5 Å². The first kappa shape index (κ1) is 14.3. The Morgan fingerprint density at radius 3 is 2.90 bits per heavy atom. The Labute approximate surface area is 126 Å². The van der Waals surface area contributed by atoms with Crippen LogP contribution in [-0.4, -0.2) is 37.8 Å². The summed E-state index contributed by atoms with van der Waals surface area (Å²) < 4.78 is 5.62. The summed E-state index contributed by atoms with van der Waals surface area (Å²) in [5.74, 6) is 1.10. The molecule has 1 aromatic heterocycles. The maximum absolute atomic E-state index is 5.62. The van der Waals surface area contributed by atoms with Crippen molar-refractivity contribution in [3.63, 3.8) is 0 Å². The zero-order chi connectivity index (χ0) is 14.7. The van der Waals surface area contributed by atoms with E-state index in [9.17, 15) is 0 Å².